The summed E-state index contributed by atoms with van der Waals surface area (Å²) in [4.78, 5) is 8.49. The van der Waals surface area contributed by atoms with Crippen molar-refractivity contribution in [2.24, 2.45) is 0 Å². The average Bonchev–Trinajstić information content (AvgIpc) is 3.24. The summed E-state index contributed by atoms with van der Waals surface area (Å²) in [5, 5.41) is 3.14. The molecule has 0 N–H and O–H groups in total. The van der Waals surface area contributed by atoms with Crippen LogP contribution in [0.1, 0.15) is 5.56 Å². The number of benzene rings is 3. The summed E-state index contributed by atoms with van der Waals surface area (Å²) in [6, 6.07) is 29.6. The number of hydrogen-bond acceptors (Lipinski definition) is 4. The zero-order valence-corrected chi connectivity index (χ0v) is 16.7. The van der Waals surface area contributed by atoms with E-state index in [-0.39, 0.29) is 0 Å². The Labute approximate surface area is 168 Å². The summed E-state index contributed by atoms with van der Waals surface area (Å²) >= 11 is 3.45. The third kappa shape index (κ3) is 4.24. The van der Waals surface area contributed by atoms with Crippen LogP contribution in [0.15, 0.2) is 95.2 Å². The SMILES string of the molecule is CSc1ccc(CN(c2ccccc2)c2nc(-c3ccccc3)cs2)cc1. The maximum absolute atomic E-state index is 4.93. The molecule has 0 unspecified atom stereocenters. The van der Waals surface area contributed by atoms with Gasteiger partial charge in [0.25, 0.3) is 0 Å². The lowest BCUT2D eigenvalue weighted by Gasteiger charge is -2.22. The third-order valence-electron chi connectivity index (χ3n) is 4.36. The van der Waals surface area contributed by atoms with Gasteiger partial charge in [-0.1, -0.05) is 60.7 Å². The van der Waals surface area contributed by atoms with Crippen LogP contribution in [0.25, 0.3) is 11.3 Å². The van der Waals surface area contributed by atoms with Gasteiger partial charge in [-0.25, -0.2) is 4.98 Å². The van der Waals surface area contributed by atoms with Crippen LogP contribution in [0.2, 0.25) is 0 Å². The molecule has 1 aromatic heterocycles. The number of nitrogens with zero attached hydrogens (tertiary/aromatic N) is 2. The Morgan fingerprint density at radius 1 is 0.852 bits per heavy atom. The Hall–Kier alpha value is -2.56. The minimum Gasteiger partial charge on any atom is -0.313 e. The predicted molar refractivity (Wildman–Crippen MR) is 118 cm³/mol. The highest BCUT2D eigenvalue weighted by Gasteiger charge is 2.15. The molecule has 0 saturated carbocycles. The maximum Gasteiger partial charge on any atom is 0.190 e. The summed E-state index contributed by atoms with van der Waals surface area (Å²) < 4.78 is 0. The predicted octanol–water partition coefficient (Wildman–Crippen LogP) is 6.87. The zero-order chi connectivity index (χ0) is 18.5. The molecule has 0 fully saturated rings. The van der Waals surface area contributed by atoms with E-state index in [9.17, 15) is 0 Å². The molecule has 0 aliphatic rings. The van der Waals surface area contributed by atoms with E-state index in [0.29, 0.717) is 0 Å². The fourth-order valence-electron chi connectivity index (χ4n) is 2.92. The first-order chi connectivity index (χ1) is 13.3. The van der Waals surface area contributed by atoms with Crippen molar-refractivity contribution in [1.82, 2.24) is 4.98 Å². The average molecular weight is 389 g/mol. The molecule has 0 atom stereocenters. The Balaban J connectivity index is 1.67. The molecule has 1 heterocycles. The molecular weight excluding hydrogens is 368 g/mol. The molecule has 3 aromatic carbocycles. The van der Waals surface area contributed by atoms with Gasteiger partial charge in [0.2, 0.25) is 0 Å². The maximum atomic E-state index is 4.93. The first kappa shape index (κ1) is 17.8. The van der Waals surface area contributed by atoms with Gasteiger partial charge in [-0.15, -0.1) is 23.1 Å². The zero-order valence-electron chi connectivity index (χ0n) is 15.1. The van der Waals surface area contributed by atoms with Gasteiger partial charge in [-0.3, -0.25) is 0 Å². The third-order valence-corrected chi connectivity index (χ3v) is 5.97. The Morgan fingerprint density at radius 3 is 2.19 bits per heavy atom. The second-order valence-corrected chi connectivity index (χ2v) is 7.87. The number of rotatable bonds is 6. The molecule has 4 aromatic rings. The van der Waals surface area contributed by atoms with Crippen LogP contribution < -0.4 is 4.90 Å². The second kappa shape index (κ2) is 8.42. The molecule has 0 spiro atoms. The largest absolute Gasteiger partial charge is 0.313 e. The van der Waals surface area contributed by atoms with E-state index >= 15 is 0 Å². The van der Waals surface area contributed by atoms with E-state index in [1.165, 1.54) is 10.5 Å². The number of thioether (sulfide) groups is 1. The smallest absolute Gasteiger partial charge is 0.190 e. The molecule has 4 heteroatoms. The minimum atomic E-state index is 0.792. The minimum absolute atomic E-state index is 0.792. The fraction of sp³-hybridized carbons (Fsp3) is 0.0870. The molecule has 0 saturated heterocycles. The van der Waals surface area contributed by atoms with E-state index in [2.05, 4.69) is 89.3 Å². The number of hydrogen-bond donors (Lipinski definition) is 0. The molecule has 2 nitrogen and oxygen atoms in total. The summed E-state index contributed by atoms with van der Waals surface area (Å²) in [5.74, 6) is 0. The van der Waals surface area contributed by atoms with Gasteiger partial charge < -0.3 is 4.90 Å². The quantitative estimate of drug-likeness (QED) is 0.335. The highest BCUT2D eigenvalue weighted by molar-refractivity contribution is 7.98. The van der Waals surface area contributed by atoms with Crippen molar-refractivity contribution in [3.63, 3.8) is 0 Å². The van der Waals surface area contributed by atoms with Gasteiger partial charge >= 0.3 is 0 Å². The lowest BCUT2D eigenvalue weighted by molar-refractivity contribution is 0.964. The van der Waals surface area contributed by atoms with E-state index in [1.807, 2.05) is 12.1 Å². The number of thiazole rings is 1. The molecule has 0 bridgehead atoms. The van der Waals surface area contributed by atoms with Gasteiger partial charge in [0.05, 0.1) is 12.2 Å². The van der Waals surface area contributed by atoms with Crippen molar-refractivity contribution in [3.8, 4) is 11.3 Å². The van der Waals surface area contributed by atoms with Crippen molar-refractivity contribution < 1.29 is 0 Å². The van der Waals surface area contributed by atoms with Crippen LogP contribution in [-0.4, -0.2) is 11.2 Å². The first-order valence-electron chi connectivity index (χ1n) is 8.80. The Morgan fingerprint density at radius 2 is 1.52 bits per heavy atom. The van der Waals surface area contributed by atoms with Crippen LogP contribution in [0.3, 0.4) is 0 Å². The monoisotopic (exact) mass is 388 g/mol. The molecule has 0 radical (unpaired) electrons. The second-order valence-electron chi connectivity index (χ2n) is 6.15. The summed E-state index contributed by atoms with van der Waals surface area (Å²) in [6.45, 7) is 0.792. The normalized spacial score (nSPS) is 10.7. The van der Waals surface area contributed by atoms with Crippen LogP contribution in [0.4, 0.5) is 10.8 Å². The molecule has 134 valence electrons. The summed E-state index contributed by atoms with van der Waals surface area (Å²) in [6.07, 6.45) is 2.10. The van der Waals surface area contributed by atoms with Gasteiger partial charge in [-0.05, 0) is 36.1 Å². The number of anilines is 2. The van der Waals surface area contributed by atoms with Crippen LogP contribution in [-0.2, 0) is 6.54 Å². The topological polar surface area (TPSA) is 16.1 Å². The molecular formula is C23H20N2S2. The van der Waals surface area contributed by atoms with E-state index in [0.717, 1.165) is 28.6 Å². The van der Waals surface area contributed by atoms with Crippen molar-refractivity contribution in [3.05, 3.63) is 95.9 Å². The van der Waals surface area contributed by atoms with Gasteiger partial charge in [0, 0.05) is 21.5 Å². The molecule has 27 heavy (non-hydrogen) atoms. The molecule has 4 rings (SSSR count). The lowest BCUT2D eigenvalue weighted by atomic mass is 10.2. The van der Waals surface area contributed by atoms with Crippen molar-refractivity contribution in [2.45, 2.75) is 11.4 Å². The fourth-order valence-corrected chi connectivity index (χ4v) is 4.18. The molecule has 0 aliphatic heterocycles. The standard InChI is InChI=1S/C23H20N2S2/c1-26-21-14-12-18(13-15-21)16-25(20-10-6-3-7-11-20)23-24-22(17-27-23)19-8-4-2-5-9-19/h2-15,17H,16H2,1H3. The van der Waals surface area contributed by atoms with Gasteiger partial charge in [0.1, 0.15) is 0 Å². The summed E-state index contributed by atoms with van der Waals surface area (Å²) in [7, 11) is 0. The number of aromatic nitrogens is 1. The molecule has 0 amide bonds. The van der Waals surface area contributed by atoms with Crippen molar-refractivity contribution >= 4 is 33.9 Å². The van der Waals surface area contributed by atoms with E-state index in [1.54, 1.807) is 23.1 Å². The van der Waals surface area contributed by atoms with Gasteiger partial charge in [0.15, 0.2) is 5.13 Å². The van der Waals surface area contributed by atoms with Gasteiger partial charge in [-0.2, -0.15) is 0 Å². The van der Waals surface area contributed by atoms with E-state index in [4.69, 9.17) is 4.98 Å². The van der Waals surface area contributed by atoms with E-state index < -0.39 is 0 Å². The van der Waals surface area contributed by atoms with Crippen LogP contribution in [0, 0.1) is 0 Å². The molecule has 0 aliphatic carbocycles. The van der Waals surface area contributed by atoms with Crippen LogP contribution in [0.5, 0.6) is 0 Å². The lowest BCUT2D eigenvalue weighted by Crippen LogP contribution is -2.16. The Bertz CT molecular complexity index is 980. The van der Waals surface area contributed by atoms with Crippen molar-refractivity contribution in [2.75, 3.05) is 11.2 Å². The summed E-state index contributed by atoms with van der Waals surface area (Å²) in [5.41, 5.74) is 4.60. The highest BCUT2D eigenvalue weighted by atomic mass is 32.2. The first-order valence-corrected chi connectivity index (χ1v) is 10.9. The van der Waals surface area contributed by atoms with Crippen LogP contribution >= 0.6 is 23.1 Å². The highest BCUT2D eigenvalue weighted by Crippen LogP contribution is 2.33. The Kier molecular flexibility index (Phi) is 5.56. The van der Waals surface area contributed by atoms with Crippen molar-refractivity contribution in [1.29, 1.82) is 0 Å². The number of para-hydroxylation sites is 1.